The van der Waals surface area contributed by atoms with Gasteiger partial charge in [-0.3, -0.25) is 4.21 Å². The summed E-state index contributed by atoms with van der Waals surface area (Å²) in [6, 6.07) is 5.01. The third-order valence-electron chi connectivity index (χ3n) is 2.14. The van der Waals surface area contributed by atoms with Crippen molar-refractivity contribution in [2.24, 2.45) is 0 Å². The zero-order valence-corrected chi connectivity index (χ0v) is 11.2. The molecule has 3 unspecified atom stereocenters. The van der Waals surface area contributed by atoms with Crippen molar-refractivity contribution >= 4 is 22.1 Å². The van der Waals surface area contributed by atoms with E-state index in [1.165, 1.54) is 4.88 Å². The Morgan fingerprint density at radius 3 is 2.73 bits per heavy atom. The maximum Gasteiger partial charge on any atom is 0.0383 e. The maximum atomic E-state index is 11.0. The van der Waals surface area contributed by atoms with Gasteiger partial charge in [-0.2, -0.15) is 0 Å². The van der Waals surface area contributed by atoms with E-state index in [4.69, 9.17) is 0 Å². The van der Waals surface area contributed by atoms with E-state index in [9.17, 15) is 4.21 Å². The lowest BCUT2D eigenvalue weighted by Gasteiger charge is -2.18. The first-order valence-corrected chi connectivity index (χ1v) is 7.77. The number of nitrogens with one attached hydrogen (secondary N) is 1. The molecule has 0 aliphatic heterocycles. The molecule has 0 amide bonds. The van der Waals surface area contributed by atoms with Crippen molar-refractivity contribution in [1.82, 2.24) is 5.32 Å². The number of hydrogen-bond donors (Lipinski definition) is 1. The molecule has 0 aromatic carbocycles. The van der Waals surface area contributed by atoms with Gasteiger partial charge >= 0.3 is 0 Å². The fourth-order valence-electron chi connectivity index (χ4n) is 1.68. The van der Waals surface area contributed by atoms with E-state index in [2.05, 4.69) is 36.7 Å². The summed E-state index contributed by atoms with van der Waals surface area (Å²) in [7, 11) is -0.711. The Hall–Kier alpha value is -0.190. The van der Waals surface area contributed by atoms with E-state index in [1.54, 1.807) is 17.6 Å². The third-order valence-corrected chi connectivity index (χ3v) is 4.01. The van der Waals surface area contributed by atoms with Crippen LogP contribution >= 0.6 is 11.3 Å². The molecular formula is C11H19NOS2. The predicted octanol–water partition coefficient (Wildman–Crippen LogP) is 2.04. The Morgan fingerprint density at radius 1 is 1.47 bits per heavy atom. The zero-order valence-electron chi connectivity index (χ0n) is 9.53. The van der Waals surface area contributed by atoms with E-state index in [1.807, 2.05) is 0 Å². The predicted molar refractivity (Wildman–Crippen MR) is 69.0 cm³/mol. The Morgan fingerprint density at radius 2 is 2.20 bits per heavy atom. The van der Waals surface area contributed by atoms with E-state index >= 15 is 0 Å². The van der Waals surface area contributed by atoms with E-state index in [0.29, 0.717) is 12.1 Å². The summed E-state index contributed by atoms with van der Waals surface area (Å²) >= 11 is 1.79. The molecule has 0 radical (unpaired) electrons. The van der Waals surface area contributed by atoms with Crippen LogP contribution in [0.2, 0.25) is 0 Å². The molecule has 86 valence electrons. The quantitative estimate of drug-likeness (QED) is 0.831. The van der Waals surface area contributed by atoms with Crippen LogP contribution in [0, 0.1) is 0 Å². The van der Waals surface area contributed by atoms with Gasteiger partial charge < -0.3 is 5.32 Å². The fraction of sp³-hybridized carbons (Fsp3) is 0.636. The van der Waals surface area contributed by atoms with Gasteiger partial charge in [0.2, 0.25) is 0 Å². The monoisotopic (exact) mass is 245 g/mol. The van der Waals surface area contributed by atoms with Crippen molar-refractivity contribution in [2.75, 3.05) is 12.0 Å². The van der Waals surface area contributed by atoms with Gasteiger partial charge in [-0.25, -0.2) is 0 Å². The van der Waals surface area contributed by atoms with Gasteiger partial charge in [-0.1, -0.05) is 6.07 Å². The lowest BCUT2D eigenvalue weighted by atomic mass is 10.2. The highest BCUT2D eigenvalue weighted by molar-refractivity contribution is 7.84. The van der Waals surface area contributed by atoms with E-state index < -0.39 is 10.8 Å². The van der Waals surface area contributed by atoms with Crippen molar-refractivity contribution in [3.8, 4) is 0 Å². The van der Waals surface area contributed by atoms with E-state index in [-0.39, 0.29) is 0 Å². The number of thiophene rings is 1. The van der Waals surface area contributed by atoms with Gasteiger partial charge in [0.05, 0.1) is 0 Å². The largest absolute Gasteiger partial charge is 0.311 e. The second kappa shape index (κ2) is 6.40. The lowest BCUT2D eigenvalue weighted by molar-refractivity contribution is 0.491. The Kier molecular flexibility index (Phi) is 5.50. The van der Waals surface area contributed by atoms with Gasteiger partial charge in [0.15, 0.2) is 0 Å². The molecule has 2 nitrogen and oxygen atoms in total. The van der Waals surface area contributed by atoms with Crippen molar-refractivity contribution < 1.29 is 4.21 Å². The minimum atomic E-state index is -0.711. The Bertz CT molecular complexity index is 298. The van der Waals surface area contributed by atoms with Gasteiger partial charge in [0.1, 0.15) is 0 Å². The molecule has 0 bridgehead atoms. The van der Waals surface area contributed by atoms with Crippen LogP contribution in [0.15, 0.2) is 17.5 Å². The summed E-state index contributed by atoms with van der Waals surface area (Å²) in [5.74, 6) is 0.731. The molecule has 0 aliphatic rings. The molecule has 0 fully saturated rings. The van der Waals surface area contributed by atoms with Crippen LogP contribution in [0.4, 0.5) is 0 Å². The van der Waals surface area contributed by atoms with Crippen LogP contribution < -0.4 is 5.32 Å². The topological polar surface area (TPSA) is 29.1 Å². The summed E-state index contributed by atoms with van der Waals surface area (Å²) in [6.07, 6.45) is 2.81. The van der Waals surface area contributed by atoms with Crippen LogP contribution in [0.25, 0.3) is 0 Å². The molecule has 1 heterocycles. The van der Waals surface area contributed by atoms with Crippen molar-refractivity contribution in [3.63, 3.8) is 0 Å². The highest BCUT2D eigenvalue weighted by atomic mass is 32.2. The lowest BCUT2D eigenvalue weighted by Crippen LogP contribution is -2.38. The van der Waals surface area contributed by atoms with Gasteiger partial charge in [0.25, 0.3) is 0 Å². The van der Waals surface area contributed by atoms with Crippen LogP contribution in [0.5, 0.6) is 0 Å². The first kappa shape index (κ1) is 12.9. The summed E-state index contributed by atoms with van der Waals surface area (Å²) in [4.78, 5) is 1.40. The molecule has 0 saturated carbocycles. The molecular weight excluding hydrogens is 226 g/mol. The standard InChI is InChI=1S/C11H19NOS2/c1-9(7-11-5-4-6-14-11)12-10(2)8-15(3)13/h4-6,9-10,12H,7-8H2,1-3H3. The Balaban J connectivity index is 2.29. The number of rotatable bonds is 6. The van der Waals surface area contributed by atoms with Gasteiger partial charge in [0, 0.05) is 39.8 Å². The molecule has 0 aliphatic carbocycles. The molecule has 15 heavy (non-hydrogen) atoms. The van der Waals surface area contributed by atoms with Gasteiger partial charge in [-0.15, -0.1) is 11.3 Å². The third kappa shape index (κ3) is 5.44. The minimum Gasteiger partial charge on any atom is -0.311 e. The summed E-state index contributed by atoms with van der Waals surface area (Å²) in [5, 5.41) is 5.57. The molecule has 1 N–H and O–H groups in total. The van der Waals surface area contributed by atoms with Crippen LogP contribution in [-0.4, -0.2) is 28.3 Å². The molecule has 3 atom stereocenters. The Labute approximate surface area is 98.6 Å². The maximum absolute atomic E-state index is 11.0. The van der Waals surface area contributed by atoms with Crippen LogP contribution in [-0.2, 0) is 17.2 Å². The first-order valence-electron chi connectivity index (χ1n) is 5.16. The minimum absolute atomic E-state index is 0.325. The van der Waals surface area contributed by atoms with E-state index in [0.717, 1.165) is 12.2 Å². The summed E-state index contributed by atoms with van der Waals surface area (Å²) in [5.41, 5.74) is 0. The summed E-state index contributed by atoms with van der Waals surface area (Å²) in [6.45, 7) is 4.27. The van der Waals surface area contributed by atoms with Gasteiger partial charge in [-0.05, 0) is 31.7 Å². The second-order valence-electron chi connectivity index (χ2n) is 3.99. The smallest absolute Gasteiger partial charge is 0.0383 e. The molecule has 0 spiro atoms. The normalized spacial score (nSPS) is 17.3. The second-order valence-corrected chi connectivity index (χ2v) is 6.50. The molecule has 1 aromatic heterocycles. The van der Waals surface area contributed by atoms with Crippen molar-refractivity contribution in [3.05, 3.63) is 22.4 Å². The molecule has 4 heteroatoms. The highest BCUT2D eigenvalue weighted by Gasteiger charge is 2.09. The molecule has 0 saturated heterocycles. The summed E-state index contributed by atoms with van der Waals surface area (Å²) < 4.78 is 11.0. The fourth-order valence-corrected chi connectivity index (χ4v) is 3.31. The molecule has 1 rings (SSSR count). The highest BCUT2D eigenvalue weighted by Crippen LogP contribution is 2.11. The zero-order chi connectivity index (χ0) is 11.3. The average Bonchev–Trinajstić information content (AvgIpc) is 2.53. The average molecular weight is 245 g/mol. The van der Waals surface area contributed by atoms with Crippen molar-refractivity contribution in [1.29, 1.82) is 0 Å². The number of hydrogen-bond acceptors (Lipinski definition) is 3. The SMILES string of the molecule is CC(Cc1cccs1)NC(C)CS(C)=O. The van der Waals surface area contributed by atoms with Crippen molar-refractivity contribution in [2.45, 2.75) is 32.4 Å². The molecule has 1 aromatic rings. The van der Waals surface area contributed by atoms with Crippen LogP contribution in [0.3, 0.4) is 0 Å². The first-order chi connectivity index (χ1) is 7.08. The van der Waals surface area contributed by atoms with Crippen LogP contribution in [0.1, 0.15) is 18.7 Å².